The van der Waals surface area contributed by atoms with Gasteiger partial charge in [-0.2, -0.15) is 0 Å². The molecule has 0 aliphatic heterocycles. The second-order valence-electron chi connectivity index (χ2n) is 9.34. The fraction of sp³-hybridized carbons (Fsp3) is 0.118. The molecular weight excluding hydrogens is 548 g/mol. The van der Waals surface area contributed by atoms with Crippen molar-refractivity contribution in [1.82, 2.24) is 0 Å². The molecule has 4 aromatic carbocycles. The first-order chi connectivity index (χ1) is 20.7. The van der Waals surface area contributed by atoms with Crippen molar-refractivity contribution >= 4 is 47.3 Å². The summed E-state index contributed by atoms with van der Waals surface area (Å²) in [6.45, 7) is 0. The molecule has 0 aliphatic rings. The lowest BCUT2D eigenvalue weighted by molar-refractivity contribution is 0.0592. The Morgan fingerprint density at radius 1 is 0.651 bits per heavy atom. The largest absolute Gasteiger partial charge is 0.497 e. The zero-order valence-electron chi connectivity index (χ0n) is 24.1. The monoisotopic (exact) mass is 578 g/mol. The van der Waals surface area contributed by atoms with Crippen LogP contribution in [0, 0.1) is 0 Å². The van der Waals surface area contributed by atoms with E-state index < -0.39 is 17.8 Å². The Labute approximate surface area is 249 Å². The number of nitrogens with one attached hydrogen (secondary N) is 1. The normalized spacial score (nSPS) is 10.6. The highest BCUT2D eigenvalue weighted by molar-refractivity contribution is 6.09. The smallest absolute Gasteiger partial charge is 0.339 e. The molecule has 2 amide bonds. The molecule has 0 bridgehead atoms. The van der Waals surface area contributed by atoms with Crippen LogP contribution in [0.5, 0.6) is 5.75 Å². The molecule has 0 unspecified atom stereocenters. The Morgan fingerprint density at radius 3 is 1.81 bits per heavy atom. The first-order valence-corrected chi connectivity index (χ1v) is 13.2. The second kappa shape index (κ2) is 13.8. The van der Waals surface area contributed by atoms with Crippen LogP contribution in [0.4, 0.5) is 11.4 Å². The van der Waals surface area contributed by atoms with Crippen molar-refractivity contribution in [2.75, 3.05) is 38.6 Å². The summed E-state index contributed by atoms with van der Waals surface area (Å²) in [7, 11) is 5.78. The highest BCUT2D eigenvalue weighted by atomic mass is 16.5. The van der Waals surface area contributed by atoms with Gasteiger partial charge in [0, 0.05) is 23.9 Å². The van der Waals surface area contributed by atoms with E-state index in [0.717, 1.165) is 16.9 Å². The van der Waals surface area contributed by atoms with Crippen LogP contribution in [0.25, 0.3) is 12.2 Å². The summed E-state index contributed by atoms with van der Waals surface area (Å²) in [6, 6.07) is 25.2. The van der Waals surface area contributed by atoms with Gasteiger partial charge in [0.25, 0.3) is 11.8 Å². The summed E-state index contributed by atoms with van der Waals surface area (Å²) in [5.41, 5.74) is 3.80. The lowest BCUT2D eigenvalue weighted by Crippen LogP contribution is -2.26. The lowest BCUT2D eigenvalue weighted by Gasteiger charge is -2.18. The van der Waals surface area contributed by atoms with E-state index in [2.05, 4.69) is 10.1 Å². The van der Waals surface area contributed by atoms with Crippen LogP contribution in [0.15, 0.2) is 91.0 Å². The van der Waals surface area contributed by atoms with Crippen LogP contribution < -0.4 is 15.0 Å². The predicted octanol–water partition coefficient (Wildman–Crippen LogP) is 5.97. The third-order valence-corrected chi connectivity index (χ3v) is 6.66. The molecule has 0 aromatic heterocycles. The maximum Gasteiger partial charge on any atom is 0.339 e. The number of carbonyl (C=O) groups excluding carboxylic acids is 4. The minimum absolute atomic E-state index is 0.202. The van der Waals surface area contributed by atoms with Crippen molar-refractivity contribution in [3.8, 4) is 5.75 Å². The Bertz CT molecular complexity index is 1660. The average molecular weight is 579 g/mol. The Kier molecular flexibility index (Phi) is 9.70. The van der Waals surface area contributed by atoms with Gasteiger partial charge in [0.15, 0.2) is 0 Å². The number of hydrogen-bond donors (Lipinski definition) is 1. The molecule has 0 atom stereocenters. The minimum atomic E-state index is -0.592. The molecule has 0 radical (unpaired) electrons. The van der Waals surface area contributed by atoms with E-state index in [-0.39, 0.29) is 11.5 Å². The topological polar surface area (TPSA) is 111 Å². The molecule has 0 saturated heterocycles. The number of rotatable bonds is 9. The van der Waals surface area contributed by atoms with Crippen molar-refractivity contribution in [2.45, 2.75) is 0 Å². The predicted molar refractivity (Wildman–Crippen MR) is 165 cm³/mol. The Hall–Kier alpha value is -5.70. The van der Waals surface area contributed by atoms with E-state index in [9.17, 15) is 19.2 Å². The quantitative estimate of drug-likeness (QED) is 0.192. The third-order valence-electron chi connectivity index (χ3n) is 6.66. The van der Waals surface area contributed by atoms with Crippen molar-refractivity contribution in [3.63, 3.8) is 0 Å². The number of ether oxygens (including phenoxy) is 3. The molecular formula is C34H30N2O7. The molecule has 0 aliphatic carbocycles. The molecule has 4 rings (SSSR count). The highest BCUT2D eigenvalue weighted by Gasteiger charge is 2.18. The van der Waals surface area contributed by atoms with Crippen LogP contribution in [0.2, 0.25) is 0 Å². The third kappa shape index (κ3) is 7.34. The Morgan fingerprint density at radius 2 is 1.21 bits per heavy atom. The van der Waals surface area contributed by atoms with Gasteiger partial charge < -0.3 is 24.4 Å². The fourth-order valence-corrected chi connectivity index (χ4v) is 4.17. The maximum absolute atomic E-state index is 13.1. The van der Waals surface area contributed by atoms with Gasteiger partial charge in [0.2, 0.25) is 0 Å². The zero-order chi connectivity index (χ0) is 30.9. The number of hydrogen-bond acceptors (Lipinski definition) is 7. The Balaban J connectivity index is 1.46. The fourth-order valence-electron chi connectivity index (χ4n) is 4.17. The van der Waals surface area contributed by atoms with Crippen LogP contribution in [0.3, 0.4) is 0 Å². The molecule has 1 N–H and O–H groups in total. The molecule has 0 heterocycles. The number of methoxy groups -OCH3 is 3. The van der Waals surface area contributed by atoms with E-state index in [4.69, 9.17) is 9.47 Å². The minimum Gasteiger partial charge on any atom is -0.497 e. The van der Waals surface area contributed by atoms with Crippen molar-refractivity contribution < 1.29 is 33.4 Å². The van der Waals surface area contributed by atoms with E-state index in [0.29, 0.717) is 28.1 Å². The first kappa shape index (κ1) is 30.3. The number of amides is 2. The van der Waals surface area contributed by atoms with Gasteiger partial charge in [0.05, 0.1) is 38.1 Å². The maximum atomic E-state index is 13.1. The number of esters is 2. The molecule has 0 fully saturated rings. The van der Waals surface area contributed by atoms with Crippen LogP contribution in [-0.4, -0.2) is 52.1 Å². The summed E-state index contributed by atoms with van der Waals surface area (Å²) in [5, 5.41) is 2.78. The number of carbonyl (C=O) groups is 4. The van der Waals surface area contributed by atoms with Gasteiger partial charge in [-0.05, 0) is 83.9 Å². The van der Waals surface area contributed by atoms with E-state index >= 15 is 0 Å². The summed E-state index contributed by atoms with van der Waals surface area (Å²) in [4.78, 5) is 51.6. The molecule has 0 spiro atoms. The highest BCUT2D eigenvalue weighted by Crippen LogP contribution is 2.23. The molecule has 218 valence electrons. The van der Waals surface area contributed by atoms with Crippen LogP contribution >= 0.6 is 0 Å². The van der Waals surface area contributed by atoms with E-state index in [1.807, 2.05) is 36.4 Å². The van der Waals surface area contributed by atoms with Crippen molar-refractivity contribution in [3.05, 3.63) is 124 Å². The summed E-state index contributed by atoms with van der Waals surface area (Å²) in [5.74, 6) is -1.06. The van der Waals surface area contributed by atoms with E-state index in [1.54, 1.807) is 68.8 Å². The van der Waals surface area contributed by atoms with Gasteiger partial charge in [-0.15, -0.1) is 0 Å². The molecule has 9 nitrogen and oxygen atoms in total. The summed E-state index contributed by atoms with van der Waals surface area (Å²) < 4.78 is 14.8. The van der Waals surface area contributed by atoms with Gasteiger partial charge in [-0.1, -0.05) is 30.4 Å². The standard InChI is InChI=1S/C34H30N2O7/c1-36(32(38)25-10-12-26(13-11-25)33(39)42-3)27-16-14-24(15-17-27)31(37)35-30-20-9-23(21-29(30)34(40)43-4)6-5-22-7-18-28(41-2)19-8-22/h5-21H,1-4H3,(H,35,37)/b6-5+. The first-order valence-electron chi connectivity index (χ1n) is 13.2. The molecule has 4 aromatic rings. The van der Waals surface area contributed by atoms with Gasteiger partial charge >= 0.3 is 11.9 Å². The van der Waals surface area contributed by atoms with Crippen molar-refractivity contribution in [2.24, 2.45) is 0 Å². The average Bonchev–Trinajstić information content (AvgIpc) is 3.06. The lowest BCUT2D eigenvalue weighted by atomic mass is 10.1. The summed E-state index contributed by atoms with van der Waals surface area (Å²) >= 11 is 0. The molecule has 0 saturated carbocycles. The second-order valence-corrected chi connectivity index (χ2v) is 9.34. The van der Waals surface area contributed by atoms with Crippen molar-refractivity contribution in [1.29, 1.82) is 0 Å². The molecule has 43 heavy (non-hydrogen) atoms. The molecule has 9 heteroatoms. The van der Waals surface area contributed by atoms with E-state index in [1.165, 1.54) is 31.3 Å². The van der Waals surface area contributed by atoms with Gasteiger partial charge in [-0.3, -0.25) is 9.59 Å². The van der Waals surface area contributed by atoms with Gasteiger partial charge in [-0.25, -0.2) is 9.59 Å². The zero-order valence-corrected chi connectivity index (χ0v) is 24.1. The van der Waals surface area contributed by atoms with Crippen LogP contribution in [-0.2, 0) is 9.47 Å². The number of benzene rings is 4. The summed E-state index contributed by atoms with van der Waals surface area (Å²) in [6.07, 6.45) is 3.75. The van der Waals surface area contributed by atoms with Gasteiger partial charge in [0.1, 0.15) is 5.75 Å². The SMILES string of the molecule is COC(=O)c1ccc(C(=O)N(C)c2ccc(C(=O)Nc3ccc(/C=C/c4ccc(OC)cc4)cc3C(=O)OC)cc2)cc1. The number of anilines is 2. The van der Waals surface area contributed by atoms with Crippen LogP contribution in [0.1, 0.15) is 52.6 Å². The number of nitrogens with zero attached hydrogens (tertiary/aromatic N) is 1.